The number of nitrogens with zero attached hydrogens (tertiary/aromatic N) is 1. The number of nitrogens with one attached hydrogen (secondary N) is 5. The summed E-state index contributed by atoms with van der Waals surface area (Å²) >= 11 is 0. The molecule has 14 nitrogen and oxygen atoms in total. The first-order chi connectivity index (χ1) is 37.3. The Balaban J connectivity index is 1.09. The molecule has 0 spiro atoms. The third-order valence-corrected chi connectivity index (χ3v) is 13.8. The van der Waals surface area contributed by atoms with E-state index in [9.17, 15) is 34.2 Å². The van der Waals surface area contributed by atoms with Gasteiger partial charge in [0.15, 0.2) is 0 Å². The number of carbonyl (C=O) groups excluding carboxylic acids is 4. The van der Waals surface area contributed by atoms with Gasteiger partial charge >= 0.3 is 12.2 Å². The number of hydrogen-bond donors (Lipinski definition) is 7. The lowest BCUT2D eigenvalue weighted by Gasteiger charge is -2.54. The van der Waals surface area contributed by atoms with Crippen molar-refractivity contribution in [3.8, 4) is 0 Å². The lowest BCUT2D eigenvalue weighted by molar-refractivity contribution is -0.151. The van der Waals surface area contributed by atoms with Crippen LogP contribution in [-0.2, 0) is 30.3 Å². The average Bonchev–Trinajstić information content (AvgIpc) is 3.61. The first-order valence-corrected chi connectivity index (χ1v) is 26.5. The van der Waals surface area contributed by atoms with E-state index in [-0.39, 0.29) is 44.2 Å². The fourth-order valence-corrected chi connectivity index (χ4v) is 10.3. The molecule has 408 valence electrons. The Bertz CT molecular complexity index is 2740. The quantitative estimate of drug-likeness (QED) is 0.0176. The summed E-state index contributed by atoms with van der Waals surface area (Å²) in [4.78, 5) is 83.3. The molecule has 0 saturated heterocycles. The zero-order chi connectivity index (χ0) is 56.4. The van der Waals surface area contributed by atoms with Gasteiger partial charge in [-0.3, -0.25) is 19.2 Å². The van der Waals surface area contributed by atoms with Crippen LogP contribution in [0.5, 0.6) is 0 Å². The molecule has 78 heavy (non-hydrogen) atoms. The highest BCUT2D eigenvalue weighted by atomic mass is 16.4. The molecule has 0 aliphatic heterocycles. The zero-order valence-corrected chi connectivity index (χ0v) is 45.4. The van der Waals surface area contributed by atoms with Gasteiger partial charge in [0.25, 0.3) is 0 Å². The zero-order valence-electron chi connectivity index (χ0n) is 45.4. The molecule has 0 saturated carbocycles. The van der Waals surface area contributed by atoms with Crippen LogP contribution in [0.15, 0.2) is 194 Å². The average molecular weight is 1060 g/mol. The number of rotatable bonds is 24. The molecule has 0 aliphatic carbocycles. The molecule has 0 fully saturated rings. The summed E-state index contributed by atoms with van der Waals surface area (Å²) in [6.07, 6.45) is 1.12. The highest BCUT2D eigenvalue weighted by Gasteiger charge is 2.52. The number of amides is 6. The van der Waals surface area contributed by atoms with Crippen LogP contribution in [-0.4, -0.2) is 81.6 Å². The SMILES string of the molecule is CC(C)(C)C(C[C@H](NC(=O)O)C(=O)NCCC=CCCNC(=O)[C@H](CCC(=O)NC(c1ccccc1)(c1ccccc1)c1ccccc1)NC(=O)O)C(=O)N(C(C)(C)C)C(c1ccccc1)(c1ccccc1)c1ccccc1. The Morgan fingerprint density at radius 3 is 1.15 bits per heavy atom. The van der Waals surface area contributed by atoms with Crippen molar-refractivity contribution < 1.29 is 39.0 Å². The second-order valence-electron chi connectivity index (χ2n) is 21.4. The van der Waals surface area contributed by atoms with Gasteiger partial charge in [-0.15, -0.1) is 0 Å². The molecule has 0 aliphatic rings. The minimum Gasteiger partial charge on any atom is -0.465 e. The molecule has 1 unspecified atom stereocenters. The van der Waals surface area contributed by atoms with Gasteiger partial charge < -0.3 is 41.7 Å². The van der Waals surface area contributed by atoms with E-state index in [2.05, 4.69) is 26.6 Å². The monoisotopic (exact) mass is 1050 g/mol. The van der Waals surface area contributed by atoms with Gasteiger partial charge in [-0.05, 0) is 85.3 Å². The van der Waals surface area contributed by atoms with Crippen LogP contribution in [0.3, 0.4) is 0 Å². The Kier molecular flexibility index (Phi) is 20.3. The maximum atomic E-state index is 15.8. The topological polar surface area (TPSA) is 206 Å². The minimum absolute atomic E-state index is 0.110. The van der Waals surface area contributed by atoms with E-state index in [0.717, 1.165) is 33.4 Å². The second-order valence-corrected chi connectivity index (χ2v) is 21.4. The van der Waals surface area contributed by atoms with Gasteiger partial charge in [-0.25, -0.2) is 9.59 Å². The van der Waals surface area contributed by atoms with Crippen molar-refractivity contribution in [3.63, 3.8) is 0 Å². The van der Waals surface area contributed by atoms with Gasteiger partial charge in [0, 0.05) is 31.0 Å². The summed E-state index contributed by atoms with van der Waals surface area (Å²) in [6.45, 7) is 12.0. The number of hydrogen-bond acceptors (Lipinski definition) is 6. The summed E-state index contributed by atoms with van der Waals surface area (Å²) in [5.41, 5.74) is 1.25. The Hall–Kier alpha value is -8.52. The number of benzene rings is 6. The largest absolute Gasteiger partial charge is 0.465 e. The van der Waals surface area contributed by atoms with Crippen LogP contribution >= 0.6 is 0 Å². The lowest BCUT2D eigenvalue weighted by Crippen LogP contribution is -2.62. The van der Waals surface area contributed by atoms with Crippen molar-refractivity contribution in [3.05, 3.63) is 228 Å². The fraction of sp³-hybridized carbons (Fsp3) is 0.312. The molecular formula is C64H74N6O8. The van der Waals surface area contributed by atoms with Gasteiger partial charge in [-0.1, -0.05) is 215 Å². The van der Waals surface area contributed by atoms with Crippen LogP contribution in [0, 0.1) is 11.3 Å². The number of carbonyl (C=O) groups is 6. The Morgan fingerprint density at radius 1 is 0.487 bits per heavy atom. The van der Waals surface area contributed by atoms with Crippen LogP contribution < -0.4 is 26.6 Å². The third-order valence-electron chi connectivity index (χ3n) is 13.8. The van der Waals surface area contributed by atoms with Crippen molar-refractivity contribution >= 4 is 35.8 Å². The minimum atomic E-state index is -1.41. The standard InChI is InChI=1S/C64H74N6O8/c1-61(2,3)52(58(74)70(62(4,5)6)64(49-35-21-12-22-36-49,50-37-23-13-24-38-50)51-39-25-14-26-40-51)45-54(68-60(77)78)57(73)66-44-28-8-7-27-43-65-56(72)53(67-59(75)76)41-42-55(71)69-63(46-29-15-9-16-30-46,47-31-17-10-18-32-47)48-33-19-11-20-34-48/h7-26,29-40,52-54,67-68H,27-28,41-45H2,1-6H3,(H,65,72)(H,66,73)(H,69,71)(H,75,76)(H,77,78)/t52?,53-,54-/m0/s1. The molecule has 0 heterocycles. The predicted molar refractivity (Wildman–Crippen MR) is 304 cm³/mol. The van der Waals surface area contributed by atoms with Crippen LogP contribution in [0.2, 0.25) is 0 Å². The summed E-state index contributed by atoms with van der Waals surface area (Å²) < 4.78 is 0. The van der Waals surface area contributed by atoms with Gasteiger partial charge in [0.2, 0.25) is 23.6 Å². The van der Waals surface area contributed by atoms with Gasteiger partial charge in [0.1, 0.15) is 23.2 Å². The molecule has 6 rings (SSSR count). The predicted octanol–water partition coefficient (Wildman–Crippen LogP) is 10.4. The molecule has 0 bridgehead atoms. The molecule has 3 atom stereocenters. The molecule has 0 radical (unpaired) electrons. The second kappa shape index (κ2) is 27.0. The molecule has 6 aromatic carbocycles. The fourth-order valence-electron chi connectivity index (χ4n) is 10.3. The van der Waals surface area contributed by atoms with E-state index in [0.29, 0.717) is 12.8 Å². The van der Waals surface area contributed by atoms with Crippen molar-refractivity contribution in [2.75, 3.05) is 13.1 Å². The number of carboxylic acid groups (broad SMARTS) is 2. The van der Waals surface area contributed by atoms with Crippen molar-refractivity contribution in [2.45, 2.75) is 102 Å². The Labute approximate surface area is 458 Å². The molecule has 14 heteroatoms. The lowest BCUT2D eigenvalue weighted by atomic mass is 9.70. The first kappa shape index (κ1) is 58.7. The molecule has 6 amide bonds. The van der Waals surface area contributed by atoms with E-state index in [1.54, 1.807) is 12.2 Å². The van der Waals surface area contributed by atoms with Crippen molar-refractivity contribution in [2.24, 2.45) is 11.3 Å². The normalized spacial score (nSPS) is 13.1. The molecular weight excluding hydrogens is 981 g/mol. The maximum Gasteiger partial charge on any atom is 0.405 e. The molecule has 0 aromatic heterocycles. The van der Waals surface area contributed by atoms with Crippen LogP contribution in [0.1, 0.15) is 107 Å². The van der Waals surface area contributed by atoms with Crippen LogP contribution in [0.4, 0.5) is 9.59 Å². The van der Waals surface area contributed by atoms with Crippen molar-refractivity contribution in [1.29, 1.82) is 0 Å². The summed E-state index contributed by atoms with van der Waals surface area (Å²) in [6, 6.07) is 55.8. The summed E-state index contributed by atoms with van der Waals surface area (Å²) in [5, 5.41) is 33.2. The summed E-state index contributed by atoms with van der Waals surface area (Å²) in [7, 11) is 0. The van der Waals surface area contributed by atoms with Crippen LogP contribution in [0.25, 0.3) is 0 Å². The Morgan fingerprint density at radius 2 is 0.821 bits per heavy atom. The van der Waals surface area contributed by atoms with Crippen molar-refractivity contribution in [1.82, 2.24) is 31.5 Å². The van der Waals surface area contributed by atoms with Gasteiger partial charge in [0.05, 0.1) is 0 Å². The highest BCUT2D eigenvalue weighted by molar-refractivity contribution is 5.88. The van der Waals surface area contributed by atoms with E-state index >= 15 is 4.79 Å². The highest BCUT2D eigenvalue weighted by Crippen LogP contribution is 2.48. The molecule has 6 aromatic rings. The van der Waals surface area contributed by atoms with E-state index < -0.39 is 64.0 Å². The smallest absolute Gasteiger partial charge is 0.405 e. The van der Waals surface area contributed by atoms with E-state index in [1.807, 2.05) is 228 Å². The summed E-state index contributed by atoms with van der Waals surface area (Å²) in [5.74, 6) is -2.68. The van der Waals surface area contributed by atoms with E-state index in [4.69, 9.17) is 0 Å². The van der Waals surface area contributed by atoms with E-state index in [1.165, 1.54) is 0 Å². The first-order valence-electron chi connectivity index (χ1n) is 26.5. The van der Waals surface area contributed by atoms with Gasteiger partial charge in [-0.2, -0.15) is 0 Å². The maximum absolute atomic E-state index is 15.8. The molecule has 7 N–H and O–H groups in total. The third kappa shape index (κ3) is 14.7.